The standard InChI is InChI=1S/C13H13NO3/c1-16-13-8-10(9-15)2-3-12(13)17-11-4-6-14-7-5-11/h2-8,15H,9H2,1H3. The number of aliphatic hydroxyl groups is 1. The van der Waals surface area contributed by atoms with E-state index in [1.807, 2.05) is 0 Å². The lowest BCUT2D eigenvalue weighted by molar-refractivity contribution is 0.280. The Bertz CT molecular complexity index is 485. The number of methoxy groups -OCH3 is 1. The number of aliphatic hydroxyl groups excluding tert-OH is 1. The molecule has 0 atom stereocenters. The van der Waals surface area contributed by atoms with Gasteiger partial charge in [-0.3, -0.25) is 4.98 Å². The summed E-state index contributed by atoms with van der Waals surface area (Å²) in [5, 5.41) is 9.03. The Morgan fingerprint density at radius 1 is 1.12 bits per heavy atom. The largest absolute Gasteiger partial charge is 0.493 e. The summed E-state index contributed by atoms with van der Waals surface area (Å²) >= 11 is 0. The fourth-order valence-corrected chi connectivity index (χ4v) is 1.43. The SMILES string of the molecule is COc1cc(CO)ccc1Oc1ccncc1. The summed E-state index contributed by atoms with van der Waals surface area (Å²) < 4.78 is 10.9. The Labute approximate surface area is 99.5 Å². The van der Waals surface area contributed by atoms with Gasteiger partial charge in [-0.05, 0) is 29.8 Å². The third-order valence-corrected chi connectivity index (χ3v) is 2.29. The van der Waals surface area contributed by atoms with Crippen LogP contribution in [0.2, 0.25) is 0 Å². The Morgan fingerprint density at radius 2 is 1.88 bits per heavy atom. The van der Waals surface area contributed by atoms with Crippen LogP contribution in [0.15, 0.2) is 42.7 Å². The van der Waals surface area contributed by atoms with Crippen LogP contribution in [-0.2, 0) is 6.61 Å². The van der Waals surface area contributed by atoms with Crippen molar-refractivity contribution in [1.29, 1.82) is 0 Å². The van der Waals surface area contributed by atoms with Crippen LogP contribution in [0.3, 0.4) is 0 Å². The van der Waals surface area contributed by atoms with Crippen LogP contribution < -0.4 is 9.47 Å². The van der Waals surface area contributed by atoms with Gasteiger partial charge in [0.25, 0.3) is 0 Å². The maximum absolute atomic E-state index is 9.03. The van der Waals surface area contributed by atoms with E-state index < -0.39 is 0 Å². The molecule has 4 heteroatoms. The van der Waals surface area contributed by atoms with Gasteiger partial charge in [0.05, 0.1) is 13.7 Å². The van der Waals surface area contributed by atoms with Crippen molar-refractivity contribution in [3.63, 3.8) is 0 Å². The highest BCUT2D eigenvalue weighted by atomic mass is 16.5. The minimum Gasteiger partial charge on any atom is -0.493 e. The van der Waals surface area contributed by atoms with Crippen molar-refractivity contribution in [2.45, 2.75) is 6.61 Å². The summed E-state index contributed by atoms with van der Waals surface area (Å²) in [6.45, 7) is -0.0219. The van der Waals surface area contributed by atoms with E-state index in [-0.39, 0.29) is 6.61 Å². The molecule has 1 aromatic carbocycles. The number of aromatic nitrogens is 1. The van der Waals surface area contributed by atoms with E-state index in [2.05, 4.69) is 4.98 Å². The maximum Gasteiger partial charge on any atom is 0.169 e. The Balaban J connectivity index is 2.26. The predicted octanol–water partition coefficient (Wildman–Crippen LogP) is 2.37. The van der Waals surface area contributed by atoms with E-state index >= 15 is 0 Å². The molecule has 1 heterocycles. The lowest BCUT2D eigenvalue weighted by Gasteiger charge is -2.11. The van der Waals surface area contributed by atoms with E-state index in [9.17, 15) is 0 Å². The smallest absolute Gasteiger partial charge is 0.169 e. The van der Waals surface area contributed by atoms with Crippen LogP contribution in [0.25, 0.3) is 0 Å². The number of ether oxygens (including phenoxy) is 2. The monoisotopic (exact) mass is 231 g/mol. The quantitative estimate of drug-likeness (QED) is 0.877. The summed E-state index contributed by atoms with van der Waals surface area (Å²) in [5.41, 5.74) is 0.781. The second kappa shape index (κ2) is 5.32. The minimum atomic E-state index is -0.0219. The van der Waals surface area contributed by atoms with Gasteiger partial charge in [-0.25, -0.2) is 0 Å². The summed E-state index contributed by atoms with van der Waals surface area (Å²) in [5.74, 6) is 1.89. The molecular formula is C13H13NO3. The van der Waals surface area contributed by atoms with Crippen molar-refractivity contribution >= 4 is 0 Å². The lowest BCUT2D eigenvalue weighted by atomic mass is 10.2. The Morgan fingerprint density at radius 3 is 2.53 bits per heavy atom. The second-order valence-electron chi connectivity index (χ2n) is 3.43. The first-order valence-electron chi connectivity index (χ1n) is 5.19. The van der Waals surface area contributed by atoms with Gasteiger partial charge in [0.1, 0.15) is 5.75 Å². The molecule has 1 N–H and O–H groups in total. The number of hydrogen-bond donors (Lipinski definition) is 1. The zero-order valence-corrected chi connectivity index (χ0v) is 9.46. The van der Waals surface area contributed by atoms with E-state index in [4.69, 9.17) is 14.6 Å². The predicted molar refractivity (Wildman–Crippen MR) is 63.2 cm³/mol. The van der Waals surface area contributed by atoms with Crippen LogP contribution in [0.4, 0.5) is 0 Å². The molecule has 0 unspecified atom stereocenters. The number of hydrogen-bond acceptors (Lipinski definition) is 4. The van der Waals surface area contributed by atoms with Crippen LogP contribution in [0.5, 0.6) is 17.2 Å². The van der Waals surface area contributed by atoms with Crippen molar-refractivity contribution < 1.29 is 14.6 Å². The molecule has 0 spiro atoms. The molecule has 0 saturated carbocycles. The highest BCUT2D eigenvalue weighted by molar-refractivity contribution is 5.45. The number of benzene rings is 1. The van der Waals surface area contributed by atoms with Gasteiger partial charge < -0.3 is 14.6 Å². The third-order valence-electron chi connectivity index (χ3n) is 2.29. The number of pyridine rings is 1. The van der Waals surface area contributed by atoms with Crippen LogP contribution in [0, 0.1) is 0 Å². The molecule has 0 aliphatic rings. The molecule has 0 saturated heterocycles. The van der Waals surface area contributed by atoms with Gasteiger partial charge in [-0.15, -0.1) is 0 Å². The summed E-state index contributed by atoms with van der Waals surface area (Å²) in [6, 6.07) is 8.83. The molecule has 2 aromatic rings. The number of rotatable bonds is 4. The molecule has 0 aliphatic heterocycles. The van der Waals surface area contributed by atoms with Crippen molar-refractivity contribution in [3.05, 3.63) is 48.3 Å². The van der Waals surface area contributed by atoms with Gasteiger partial charge in [-0.1, -0.05) is 6.07 Å². The molecule has 0 aliphatic carbocycles. The molecule has 0 radical (unpaired) electrons. The average molecular weight is 231 g/mol. The fraction of sp³-hybridized carbons (Fsp3) is 0.154. The summed E-state index contributed by atoms with van der Waals surface area (Å²) in [6.07, 6.45) is 3.31. The second-order valence-corrected chi connectivity index (χ2v) is 3.43. The molecule has 0 amide bonds. The maximum atomic E-state index is 9.03. The first-order valence-corrected chi connectivity index (χ1v) is 5.19. The van der Waals surface area contributed by atoms with Crippen LogP contribution in [-0.4, -0.2) is 17.2 Å². The van der Waals surface area contributed by atoms with Gasteiger partial charge in [0.15, 0.2) is 11.5 Å². The zero-order valence-electron chi connectivity index (χ0n) is 9.46. The molecule has 0 bridgehead atoms. The van der Waals surface area contributed by atoms with E-state index in [0.717, 1.165) is 5.56 Å². The summed E-state index contributed by atoms with van der Waals surface area (Å²) in [4.78, 5) is 3.91. The third kappa shape index (κ3) is 2.73. The van der Waals surface area contributed by atoms with Crippen LogP contribution in [0.1, 0.15) is 5.56 Å². The molecule has 1 aromatic heterocycles. The van der Waals surface area contributed by atoms with Crippen LogP contribution >= 0.6 is 0 Å². The van der Waals surface area contributed by atoms with Gasteiger partial charge in [0, 0.05) is 12.4 Å². The van der Waals surface area contributed by atoms with Crippen molar-refractivity contribution in [2.75, 3.05) is 7.11 Å². The topological polar surface area (TPSA) is 51.6 Å². The van der Waals surface area contributed by atoms with E-state index in [0.29, 0.717) is 17.2 Å². The molecule has 17 heavy (non-hydrogen) atoms. The zero-order chi connectivity index (χ0) is 12.1. The average Bonchev–Trinajstić information content (AvgIpc) is 2.40. The lowest BCUT2D eigenvalue weighted by Crippen LogP contribution is -1.92. The number of nitrogens with zero attached hydrogens (tertiary/aromatic N) is 1. The molecule has 0 fully saturated rings. The van der Waals surface area contributed by atoms with Crippen molar-refractivity contribution in [2.24, 2.45) is 0 Å². The molecule has 2 rings (SSSR count). The Hall–Kier alpha value is -2.07. The van der Waals surface area contributed by atoms with Gasteiger partial charge in [-0.2, -0.15) is 0 Å². The highest BCUT2D eigenvalue weighted by Gasteiger charge is 2.06. The van der Waals surface area contributed by atoms with Gasteiger partial charge >= 0.3 is 0 Å². The summed E-state index contributed by atoms with van der Waals surface area (Å²) in [7, 11) is 1.57. The van der Waals surface area contributed by atoms with Crippen molar-refractivity contribution in [1.82, 2.24) is 4.98 Å². The van der Waals surface area contributed by atoms with Crippen molar-refractivity contribution in [3.8, 4) is 17.2 Å². The Kier molecular flexibility index (Phi) is 3.57. The minimum absolute atomic E-state index is 0.0219. The highest BCUT2D eigenvalue weighted by Crippen LogP contribution is 2.31. The first kappa shape index (κ1) is 11.4. The molecular weight excluding hydrogens is 218 g/mol. The molecule has 4 nitrogen and oxygen atoms in total. The fourth-order valence-electron chi connectivity index (χ4n) is 1.43. The first-order chi connectivity index (χ1) is 8.33. The van der Waals surface area contributed by atoms with E-state index in [1.54, 1.807) is 49.8 Å². The molecule has 88 valence electrons. The van der Waals surface area contributed by atoms with Gasteiger partial charge in [0.2, 0.25) is 0 Å². The normalized spacial score (nSPS) is 10.0. The van der Waals surface area contributed by atoms with E-state index in [1.165, 1.54) is 0 Å².